The first-order valence-corrected chi connectivity index (χ1v) is 12.0. The van der Waals surface area contributed by atoms with Crippen LogP contribution in [0.1, 0.15) is 24.2 Å². The lowest BCUT2D eigenvalue weighted by Crippen LogP contribution is -2.46. The number of rotatable bonds is 7. The highest BCUT2D eigenvalue weighted by Crippen LogP contribution is 2.27. The Morgan fingerprint density at radius 1 is 1.07 bits per heavy atom. The van der Waals surface area contributed by atoms with Crippen molar-refractivity contribution < 1.29 is 23.5 Å². The standard InChI is InChI=1S/C20H18FI3N2O4/c1-10(2)17(26-19(28)12-5-3-4-6-13(12)21)20(29)30-9-16(27)25-18-14(23)7-11(22)8-15(18)24/h3-8,10,17H,9H2,1-2H3,(H,25,27)(H,26,28)/t17-/m0/s1. The summed E-state index contributed by atoms with van der Waals surface area (Å²) in [5.74, 6) is -3.00. The number of hydrogen-bond donors (Lipinski definition) is 2. The Balaban J connectivity index is 1.99. The highest BCUT2D eigenvalue weighted by molar-refractivity contribution is 14.1. The Morgan fingerprint density at radius 3 is 2.23 bits per heavy atom. The molecule has 6 nitrogen and oxygen atoms in total. The van der Waals surface area contributed by atoms with Gasteiger partial charge >= 0.3 is 5.97 Å². The summed E-state index contributed by atoms with van der Waals surface area (Å²) in [5.41, 5.74) is 0.475. The minimum Gasteiger partial charge on any atom is -0.454 e. The maximum absolute atomic E-state index is 13.8. The van der Waals surface area contributed by atoms with Gasteiger partial charge in [-0.15, -0.1) is 0 Å². The van der Waals surface area contributed by atoms with Gasteiger partial charge in [-0.05, 0) is 98.0 Å². The van der Waals surface area contributed by atoms with Crippen LogP contribution in [0.3, 0.4) is 0 Å². The van der Waals surface area contributed by atoms with Crippen molar-refractivity contribution in [2.75, 3.05) is 11.9 Å². The predicted molar refractivity (Wildman–Crippen MR) is 137 cm³/mol. The molecule has 2 aromatic rings. The number of esters is 1. The SMILES string of the molecule is CC(C)[C@H](NC(=O)c1ccccc1F)C(=O)OCC(=O)Nc1c(I)cc(I)cc1I. The number of carbonyl (C=O) groups excluding carboxylic acids is 3. The monoisotopic (exact) mass is 750 g/mol. The molecule has 0 bridgehead atoms. The Bertz CT molecular complexity index is 946. The highest BCUT2D eigenvalue weighted by Gasteiger charge is 2.27. The molecule has 30 heavy (non-hydrogen) atoms. The van der Waals surface area contributed by atoms with Crippen LogP contribution in [-0.2, 0) is 14.3 Å². The van der Waals surface area contributed by atoms with Gasteiger partial charge in [-0.1, -0.05) is 26.0 Å². The summed E-state index contributed by atoms with van der Waals surface area (Å²) in [6.07, 6.45) is 0. The minimum absolute atomic E-state index is 0.170. The van der Waals surface area contributed by atoms with E-state index in [2.05, 4.69) is 78.4 Å². The molecule has 10 heteroatoms. The van der Waals surface area contributed by atoms with E-state index in [0.717, 1.165) is 16.8 Å². The third-order valence-electron chi connectivity index (χ3n) is 3.94. The first kappa shape index (κ1) is 25.2. The van der Waals surface area contributed by atoms with Gasteiger partial charge in [0, 0.05) is 10.7 Å². The summed E-state index contributed by atoms with van der Waals surface area (Å²) in [6, 6.07) is 8.28. The number of ether oxygens (including phenoxy) is 1. The van der Waals surface area contributed by atoms with Gasteiger partial charge < -0.3 is 15.4 Å². The Morgan fingerprint density at radius 2 is 1.67 bits per heavy atom. The summed E-state index contributed by atoms with van der Waals surface area (Å²) in [6.45, 7) is 2.92. The molecule has 0 aromatic heterocycles. The number of hydrogen-bond acceptors (Lipinski definition) is 4. The molecule has 160 valence electrons. The van der Waals surface area contributed by atoms with E-state index in [-0.39, 0.29) is 11.5 Å². The number of benzene rings is 2. The maximum atomic E-state index is 13.8. The largest absolute Gasteiger partial charge is 0.454 e. The highest BCUT2D eigenvalue weighted by atomic mass is 127. The first-order valence-electron chi connectivity index (χ1n) is 8.76. The zero-order valence-electron chi connectivity index (χ0n) is 16.0. The fourth-order valence-corrected chi connectivity index (χ4v) is 6.28. The van der Waals surface area contributed by atoms with Crippen LogP contribution < -0.4 is 10.6 Å². The smallest absolute Gasteiger partial charge is 0.329 e. The lowest BCUT2D eigenvalue weighted by atomic mass is 10.0. The molecule has 2 N–H and O–H groups in total. The van der Waals surface area contributed by atoms with Crippen LogP contribution in [0.5, 0.6) is 0 Å². The molecule has 2 amide bonds. The van der Waals surface area contributed by atoms with Crippen molar-refractivity contribution in [1.29, 1.82) is 0 Å². The number of amides is 2. The molecule has 0 aliphatic heterocycles. The lowest BCUT2D eigenvalue weighted by molar-refractivity contribution is -0.150. The van der Waals surface area contributed by atoms with E-state index in [4.69, 9.17) is 4.74 Å². The molecule has 2 rings (SSSR count). The van der Waals surface area contributed by atoms with Crippen molar-refractivity contribution in [3.8, 4) is 0 Å². The van der Waals surface area contributed by atoms with Crippen LogP contribution in [0.15, 0.2) is 36.4 Å². The molecule has 0 fully saturated rings. The first-order chi connectivity index (χ1) is 14.1. The second kappa shape index (κ2) is 11.5. The van der Waals surface area contributed by atoms with Gasteiger partial charge in [0.25, 0.3) is 11.8 Å². The van der Waals surface area contributed by atoms with Crippen molar-refractivity contribution in [1.82, 2.24) is 5.32 Å². The van der Waals surface area contributed by atoms with Gasteiger partial charge in [0.2, 0.25) is 0 Å². The van der Waals surface area contributed by atoms with Gasteiger partial charge in [0.1, 0.15) is 11.9 Å². The molecule has 0 saturated heterocycles. The summed E-state index contributed by atoms with van der Waals surface area (Å²) >= 11 is 6.42. The van der Waals surface area contributed by atoms with Crippen LogP contribution in [0.25, 0.3) is 0 Å². The van der Waals surface area contributed by atoms with Crippen molar-refractivity contribution in [3.63, 3.8) is 0 Å². The van der Waals surface area contributed by atoms with Crippen molar-refractivity contribution in [2.45, 2.75) is 19.9 Å². The molecular weight excluding hydrogens is 732 g/mol. The minimum atomic E-state index is -1.02. The molecule has 0 aliphatic carbocycles. The van der Waals surface area contributed by atoms with Crippen LogP contribution >= 0.6 is 67.8 Å². The Labute approximate surface area is 214 Å². The topological polar surface area (TPSA) is 84.5 Å². The molecular formula is C20H18FI3N2O4. The molecule has 0 saturated carbocycles. The van der Waals surface area contributed by atoms with Gasteiger partial charge in [-0.25, -0.2) is 9.18 Å². The number of anilines is 1. The van der Waals surface area contributed by atoms with Crippen LogP contribution in [0.2, 0.25) is 0 Å². The number of nitrogens with one attached hydrogen (secondary N) is 2. The summed E-state index contributed by atoms with van der Waals surface area (Å²) in [4.78, 5) is 37.0. The van der Waals surface area contributed by atoms with Gasteiger partial charge in [0.05, 0.1) is 11.3 Å². The summed E-state index contributed by atoms with van der Waals surface area (Å²) in [5, 5.41) is 5.21. The van der Waals surface area contributed by atoms with E-state index >= 15 is 0 Å². The third-order valence-corrected chi connectivity index (χ3v) is 6.27. The average molecular weight is 750 g/mol. The van der Waals surface area contributed by atoms with Crippen LogP contribution in [-0.4, -0.2) is 30.4 Å². The quantitative estimate of drug-likeness (QED) is 0.321. The Hall–Kier alpha value is -1.03. The second-order valence-electron chi connectivity index (χ2n) is 6.58. The van der Waals surface area contributed by atoms with E-state index in [1.54, 1.807) is 13.8 Å². The van der Waals surface area contributed by atoms with E-state index in [9.17, 15) is 18.8 Å². The molecule has 0 radical (unpaired) electrons. The fourth-order valence-electron chi connectivity index (χ4n) is 2.43. The van der Waals surface area contributed by atoms with E-state index in [1.165, 1.54) is 18.2 Å². The predicted octanol–water partition coefficient (Wildman–Crippen LogP) is 4.58. The van der Waals surface area contributed by atoms with E-state index in [1.807, 2.05) is 12.1 Å². The molecule has 0 aliphatic rings. The fraction of sp³-hybridized carbons (Fsp3) is 0.250. The third kappa shape index (κ3) is 7.00. The van der Waals surface area contributed by atoms with Gasteiger partial charge in [0.15, 0.2) is 6.61 Å². The second-order valence-corrected chi connectivity index (χ2v) is 10.1. The number of halogens is 4. The molecule has 1 atom stereocenters. The zero-order chi connectivity index (χ0) is 22.4. The average Bonchev–Trinajstić information content (AvgIpc) is 2.66. The van der Waals surface area contributed by atoms with Gasteiger partial charge in [-0.3, -0.25) is 9.59 Å². The number of carbonyl (C=O) groups is 3. The molecule has 2 aromatic carbocycles. The van der Waals surface area contributed by atoms with Crippen molar-refractivity contribution in [2.24, 2.45) is 5.92 Å². The van der Waals surface area contributed by atoms with Crippen LogP contribution in [0, 0.1) is 22.4 Å². The summed E-state index contributed by atoms with van der Waals surface area (Å²) < 4.78 is 21.7. The molecule has 0 spiro atoms. The van der Waals surface area contributed by atoms with Gasteiger partial charge in [-0.2, -0.15) is 0 Å². The van der Waals surface area contributed by atoms with Crippen molar-refractivity contribution >= 4 is 91.2 Å². The van der Waals surface area contributed by atoms with Crippen molar-refractivity contribution in [3.05, 3.63) is 58.5 Å². The maximum Gasteiger partial charge on any atom is 0.329 e. The van der Waals surface area contributed by atoms with Crippen LogP contribution in [0.4, 0.5) is 10.1 Å². The Kier molecular flexibility index (Phi) is 9.71. The molecule has 0 heterocycles. The molecule has 0 unspecified atom stereocenters. The van der Waals surface area contributed by atoms with E-state index < -0.39 is 36.2 Å². The van der Waals surface area contributed by atoms with E-state index in [0.29, 0.717) is 5.69 Å². The lowest BCUT2D eigenvalue weighted by Gasteiger charge is -2.21. The normalized spacial score (nSPS) is 11.7. The summed E-state index contributed by atoms with van der Waals surface area (Å²) in [7, 11) is 0. The zero-order valence-corrected chi connectivity index (χ0v) is 22.4.